The summed E-state index contributed by atoms with van der Waals surface area (Å²) in [6.07, 6.45) is 2.04. The van der Waals surface area contributed by atoms with E-state index in [1.54, 1.807) is 0 Å². The quantitative estimate of drug-likeness (QED) is 0.0642. The van der Waals surface area contributed by atoms with Crippen molar-refractivity contribution in [1.82, 2.24) is 0 Å². The fourth-order valence-corrected chi connectivity index (χ4v) is 19.8. The van der Waals surface area contributed by atoms with Crippen molar-refractivity contribution in [3.63, 3.8) is 0 Å². The Morgan fingerprint density at radius 3 is 1.18 bits per heavy atom. The molecule has 0 spiro atoms. The van der Waals surface area contributed by atoms with Gasteiger partial charge in [-0.1, -0.05) is 230 Å². The molecule has 22 rings (SSSR count). The zero-order valence-electron chi connectivity index (χ0n) is 70.2. The average molecular weight is 1620 g/mol. The molecule has 0 atom stereocenters. The van der Waals surface area contributed by atoms with Gasteiger partial charge in [0.1, 0.15) is 16.7 Å². The van der Waals surface area contributed by atoms with Crippen molar-refractivity contribution in [2.24, 2.45) is 0 Å². The Kier molecular flexibility index (Phi) is 18.2. The molecule has 2 aliphatic heterocycles. The van der Waals surface area contributed by atoms with E-state index in [0.717, 1.165) is 176 Å². The molecule has 0 unspecified atom stereocenters. The van der Waals surface area contributed by atoms with Crippen LogP contribution in [0.1, 0.15) is 77.0 Å². The largest absolute Gasteiger partial charge is 0.422 e. The smallest absolute Gasteiger partial charge is 0.344 e. The van der Waals surface area contributed by atoms with Crippen molar-refractivity contribution in [1.29, 1.82) is 0 Å². The lowest BCUT2D eigenvalue weighted by molar-refractivity contribution is 0.398. The Morgan fingerprint density at radius 2 is 0.680 bits per heavy atom. The lowest BCUT2D eigenvalue weighted by Gasteiger charge is -2.48. The van der Waals surface area contributed by atoms with Crippen LogP contribution in [0.5, 0.6) is 0 Å². The second kappa shape index (κ2) is 30.1. The molecule has 11 nitrogen and oxygen atoms in total. The van der Waals surface area contributed by atoms with E-state index in [4.69, 9.17) is 13.3 Å². The monoisotopic (exact) mass is 1620 g/mol. The molecule has 0 radical (unpaired) electrons. The molecule has 125 heavy (non-hydrogen) atoms. The number of nitrogens with zero attached hydrogens (tertiary/aromatic N) is 5. The van der Waals surface area contributed by atoms with Crippen LogP contribution in [0.2, 0.25) is 0 Å². The molecule has 0 saturated heterocycles. The minimum absolute atomic E-state index is 0.0385. The second-order valence-electron chi connectivity index (χ2n) is 35.0. The van der Waals surface area contributed by atoms with Gasteiger partial charge < -0.3 is 37.8 Å². The van der Waals surface area contributed by atoms with Crippen LogP contribution in [0.4, 0.5) is 73.9 Å². The molecule has 0 saturated carbocycles. The summed E-state index contributed by atoms with van der Waals surface area (Å²) in [7, 11) is 0. The summed E-state index contributed by atoms with van der Waals surface area (Å²) in [6, 6.07) is 126. The molecule has 3 aromatic heterocycles. The van der Waals surface area contributed by atoms with Crippen molar-refractivity contribution in [3.8, 4) is 44.5 Å². The van der Waals surface area contributed by atoms with Crippen LogP contribution in [0.25, 0.3) is 121 Å². The SMILES string of the molecule is CC(C)c1c(-c2ccc(N(c3ccc(-c4cc5ccc(N(c6ccccc6)c6ccccc6)cc5oc4=O)cc3)c3cc4ccc5cc(N(c6ccc(-c7cc8cc9c%10c(c8oc7=O)C(C)(C)CCN%10CCC9(C)C)cc6)c6ccc(-c7cccc8ccccc78)cc6)cc6ccc(c3)c4c56)cc2)c(=O)oc2cc(N(c3ccccc3)c3ccccc3)ccc12. The minimum Gasteiger partial charge on any atom is -0.422 e. The van der Waals surface area contributed by atoms with Crippen LogP contribution in [0.3, 0.4) is 0 Å². The van der Waals surface area contributed by atoms with E-state index in [9.17, 15) is 14.4 Å². The molecule has 0 N–H and O–H groups in total. The van der Waals surface area contributed by atoms with E-state index in [-0.39, 0.29) is 22.4 Å². The van der Waals surface area contributed by atoms with Gasteiger partial charge in [-0.3, -0.25) is 0 Å². The number of para-hydroxylation sites is 4. The molecule has 604 valence electrons. The predicted molar refractivity (Wildman–Crippen MR) is 518 cm³/mol. The van der Waals surface area contributed by atoms with E-state index in [2.05, 4.69) is 309 Å². The van der Waals surface area contributed by atoms with Crippen LogP contribution in [-0.4, -0.2) is 13.1 Å². The fourth-order valence-electron chi connectivity index (χ4n) is 19.8. The van der Waals surface area contributed by atoms with E-state index in [1.165, 1.54) is 22.0 Å². The van der Waals surface area contributed by atoms with Crippen molar-refractivity contribution >= 4 is 150 Å². The van der Waals surface area contributed by atoms with Gasteiger partial charge in [-0.05, 0) is 275 Å². The Labute approximate surface area is 723 Å². The Morgan fingerprint density at radius 1 is 0.296 bits per heavy atom. The normalized spacial score (nSPS) is 13.5. The first-order chi connectivity index (χ1) is 61.0. The van der Waals surface area contributed by atoms with Crippen LogP contribution in [0.15, 0.2) is 392 Å². The first-order valence-corrected chi connectivity index (χ1v) is 43.1. The minimum atomic E-state index is -0.449. The number of benzene rings is 17. The molecule has 5 heterocycles. The standard InChI is InChI=1S/C114H87N5O6/c1-71(2)103-97-57-56-92(117(85-28-15-9-16-29-85)86-30-17-10-18-31-86)70-102(97)124-112(122)106(103)76-44-53-90(54-45-76)119(89-49-40-74(41-50-89)98-66-77-46-55-91(69-101(77)123-110(98)120)116(83-24-11-7-12-25-83)84-26-13-8-14-27-84)94-64-80-36-34-78-62-93(63-79-35-37-81(65-94)105(80)104(78)79)118(87-47-38-73(39-48-87)96-33-21-23-72-22-19-20-32-95(72)96)88-51-42-75(43-52-88)99-67-82-68-100-108-107(109(82)125-111(99)121)114(5,6)59-61-115(108)60-58-113(100,3)4/h7-57,62-71H,58-61H2,1-6H3. The van der Waals surface area contributed by atoms with Gasteiger partial charge >= 0.3 is 16.9 Å². The fraction of sp³-hybridized carbons (Fsp3) is 0.114. The highest BCUT2D eigenvalue weighted by Crippen LogP contribution is 2.54. The molecule has 2 aliphatic rings. The summed E-state index contributed by atoms with van der Waals surface area (Å²) in [5.74, 6) is -0.0503. The maximum Gasteiger partial charge on any atom is 0.344 e. The van der Waals surface area contributed by atoms with Gasteiger partial charge in [0.25, 0.3) is 0 Å². The van der Waals surface area contributed by atoms with Gasteiger partial charge in [0, 0.05) is 121 Å². The highest BCUT2D eigenvalue weighted by Gasteiger charge is 2.42. The molecular formula is C114H87N5O6. The molecule has 0 amide bonds. The van der Waals surface area contributed by atoms with Crippen LogP contribution < -0.4 is 41.4 Å². The maximum absolute atomic E-state index is 14.9. The Hall–Kier alpha value is -15.3. The first-order valence-electron chi connectivity index (χ1n) is 43.1. The number of anilines is 13. The molecule has 20 aromatic rings. The average Bonchev–Trinajstić information content (AvgIpc) is 0.731. The van der Waals surface area contributed by atoms with Gasteiger partial charge in [-0.25, -0.2) is 14.4 Å². The van der Waals surface area contributed by atoms with Crippen LogP contribution in [0, 0.1) is 0 Å². The molecular weight excluding hydrogens is 1540 g/mol. The number of fused-ring (bicyclic) bond motifs is 5. The second-order valence-corrected chi connectivity index (χ2v) is 35.0. The highest BCUT2D eigenvalue weighted by molar-refractivity contribution is 6.25. The van der Waals surface area contributed by atoms with Gasteiger partial charge in [0.15, 0.2) is 0 Å². The summed E-state index contributed by atoms with van der Waals surface area (Å²) < 4.78 is 19.3. The van der Waals surface area contributed by atoms with Gasteiger partial charge in [-0.15, -0.1) is 0 Å². The van der Waals surface area contributed by atoms with Crippen molar-refractivity contribution in [3.05, 3.63) is 412 Å². The molecule has 0 bridgehead atoms. The topological polar surface area (TPSA) is 107 Å². The van der Waals surface area contributed by atoms with Crippen molar-refractivity contribution in [2.45, 2.75) is 71.1 Å². The number of hydrogen-bond donors (Lipinski definition) is 0. The highest BCUT2D eigenvalue weighted by atomic mass is 16.4. The maximum atomic E-state index is 14.9. The first kappa shape index (κ1) is 75.8. The lowest BCUT2D eigenvalue weighted by atomic mass is 9.69. The predicted octanol–water partition coefficient (Wildman–Crippen LogP) is 29.9. The summed E-state index contributed by atoms with van der Waals surface area (Å²) in [6.45, 7) is 15.5. The van der Waals surface area contributed by atoms with Gasteiger partial charge in [0.2, 0.25) is 0 Å². The van der Waals surface area contributed by atoms with Crippen molar-refractivity contribution in [2.75, 3.05) is 37.6 Å². The number of rotatable bonds is 17. The molecule has 0 fully saturated rings. The Balaban J connectivity index is 0.647. The Bertz CT molecular complexity index is 7670. The summed E-state index contributed by atoms with van der Waals surface area (Å²) in [4.78, 5) is 55.4. The lowest BCUT2D eigenvalue weighted by Crippen LogP contribution is -2.44. The molecule has 11 heteroatoms. The van der Waals surface area contributed by atoms with E-state index >= 15 is 0 Å². The van der Waals surface area contributed by atoms with E-state index in [0.29, 0.717) is 39.0 Å². The molecule has 0 aliphatic carbocycles. The van der Waals surface area contributed by atoms with Crippen molar-refractivity contribution < 1.29 is 13.3 Å². The zero-order valence-corrected chi connectivity index (χ0v) is 70.2. The van der Waals surface area contributed by atoms with Crippen LogP contribution in [-0.2, 0) is 10.8 Å². The van der Waals surface area contributed by atoms with Crippen LogP contribution >= 0.6 is 0 Å². The van der Waals surface area contributed by atoms with E-state index < -0.39 is 11.3 Å². The third kappa shape index (κ3) is 13.2. The third-order valence-electron chi connectivity index (χ3n) is 26.1. The van der Waals surface area contributed by atoms with E-state index in [1.807, 2.05) is 121 Å². The van der Waals surface area contributed by atoms with Gasteiger partial charge in [0.05, 0.1) is 16.7 Å². The van der Waals surface area contributed by atoms with Gasteiger partial charge in [-0.2, -0.15) is 0 Å². The summed E-state index contributed by atoms with van der Waals surface area (Å²) >= 11 is 0. The summed E-state index contributed by atoms with van der Waals surface area (Å²) in [5.41, 5.74) is 22.0. The molecule has 17 aromatic carbocycles. The zero-order chi connectivity index (χ0) is 84.5. The summed E-state index contributed by atoms with van der Waals surface area (Å²) in [5, 5.41) is 11.5. The number of hydrogen-bond acceptors (Lipinski definition) is 11. The third-order valence-corrected chi connectivity index (χ3v) is 26.1.